The third-order valence-electron chi connectivity index (χ3n) is 4.09. The first kappa shape index (κ1) is 21.5. The van der Waals surface area contributed by atoms with Crippen molar-refractivity contribution in [3.05, 3.63) is 48.1 Å². The summed E-state index contributed by atoms with van der Waals surface area (Å²) >= 11 is 0. The fourth-order valence-electron chi connectivity index (χ4n) is 2.48. The molecule has 2 aromatic rings. The summed E-state index contributed by atoms with van der Waals surface area (Å²) in [7, 11) is 0. The average Bonchev–Trinajstić information content (AvgIpc) is 3.15. The molecular formula is C18H20F4N4O2. The Morgan fingerprint density at radius 2 is 2.04 bits per heavy atom. The molecule has 1 heterocycles. The van der Waals surface area contributed by atoms with Gasteiger partial charge in [-0.25, -0.2) is 4.39 Å². The predicted molar refractivity (Wildman–Crippen MR) is 93.9 cm³/mol. The zero-order valence-electron chi connectivity index (χ0n) is 15.4. The Morgan fingerprint density at radius 1 is 1.36 bits per heavy atom. The molecule has 1 aromatic carbocycles. The van der Waals surface area contributed by atoms with Gasteiger partial charge in [0.2, 0.25) is 5.82 Å². The molecule has 1 N–H and O–H groups in total. The van der Waals surface area contributed by atoms with Gasteiger partial charge in [0.05, 0.1) is 11.6 Å². The highest BCUT2D eigenvalue weighted by molar-refractivity contribution is 5.95. The number of hydrogen-bond acceptors (Lipinski definition) is 5. The van der Waals surface area contributed by atoms with Gasteiger partial charge in [0, 0.05) is 12.1 Å². The highest BCUT2D eigenvalue weighted by Gasteiger charge is 2.38. The summed E-state index contributed by atoms with van der Waals surface area (Å²) in [5, 5.41) is 5.86. The highest BCUT2D eigenvalue weighted by Crippen LogP contribution is 2.29. The molecule has 0 aliphatic carbocycles. The van der Waals surface area contributed by atoms with Crippen molar-refractivity contribution < 1.29 is 26.9 Å². The van der Waals surface area contributed by atoms with Gasteiger partial charge in [0.1, 0.15) is 5.82 Å². The van der Waals surface area contributed by atoms with Crippen molar-refractivity contribution in [2.24, 2.45) is 0 Å². The van der Waals surface area contributed by atoms with Gasteiger partial charge in [-0.2, -0.15) is 18.2 Å². The topological polar surface area (TPSA) is 71.3 Å². The first-order valence-electron chi connectivity index (χ1n) is 8.56. The number of rotatable bonds is 8. The number of alkyl halides is 3. The fraction of sp³-hybridized carbons (Fsp3) is 0.389. The Kier molecular flexibility index (Phi) is 6.90. The van der Waals surface area contributed by atoms with Crippen LogP contribution in [-0.2, 0) is 6.18 Å². The molecule has 1 atom stereocenters. The quantitative estimate of drug-likeness (QED) is 0.542. The predicted octanol–water partition coefficient (Wildman–Crippen LogP) is 3.52. The molecule has 0 saturated heterocycles. The van der Waals surface area contributed by atoms with E-state index in [1.807, 2.05) is 13.8 Å². The largest absolute Gasteiger partial charge is 0.471 e. The van der Waals surface area contributed by atoms with E-state index in [1.54, 1.807) is 6.08 Å². The Balaban J connectivity index is 2.16. The van der Waals surface area contributed by atoms with Gasteiger partial charge in [-0.1, -0.05) is 31.1 Å². The molecule has 1 amide bonds. The first-order valence-corrected chi connectivity index (χ1v) is 8.56. The molecule has 28 heavy (non-hydrogen) atoms. The summed E-state index contributed by atoms with van der Waals surface area (Å²) in [6.07, 6.45) is -3.24. The van der Waals surface area contributed by atoms with E-state index < -0.39 is 35.7 Å². The number of benzene rings is 1. The van der Waals surface area contributed by atoms with Crippen LogP contribution >= 0.6 is 0 Å². The Labute approximate surface area is 159 Å². The monoisotopic (exact) mass is 400 g/mol. The summed E-state index contributed by atoms with van der Waals surface area (Å²) in [4.78, 5) is 17.6. The summed E-state index contributed by atoms with van der Waals surface area (Å²) in [6, 6.07) is 2.89. The lowest BCUT2D eigenvalue weighted by atomic mass is 10.1. The maximum Gasteiger partial charge on any atom is 0.471 e. The number of carbonyl (C=O) groups excluding carboxylic acids is 1. The molecule has 10 heteroatoms. The molecule has 1 aromatic heterocycles. The number of amides is 1. The molecular weight excluding hydrogens is 380 g/mol. The Morgan fingerprint density at radius 3 is 2.54 bits per heavy atom. The Bertz CT molecular complexity index is 831. The smallest absolute Gasteiger partial charge is 0.344 e. The van der Waals surface area contributed by atoms with Crippen molar-refractivity contribution in [2.45, 2.75) is 26.1 Å². The van der Waals surface area contributed by atoms with Crippen LogP contribution in [0, 0.1) is 5.82 Å². The second kappa shape index (κ2) is 8.96. The lowest BCUT2D eigenvalue weighted by Crippen LogP contribution is -2.42. The van der Waals surface area contributed by atoms with Gasteiger partial charge < -0.3 is 14.7 Å². The fourth-order valence-corrected chi connectivity index (χ4v) is 2.48. The molecule has 152 valence electrons. The third-order valence-corrected chi connectivity index (χ3v) is 4.09. The second-order valence-corrected chi connectivity index (χ2v) is 5.92. The van der Waals surface area contributed by atoms with Crippen molar-refractivity contribution >= 4 is 5.91 Å². The van der Waals surface area contributed by atoms with E-state index in [0.29, 0.717) is 6.54 Å². The average molecular weight is 400 g/mol. The normalized spacial score (nSPS) is 12.8. The standard InChI is InChI=1S/C18H20F4N4O2/c1-4-12(10-26(5-2)6-3)23-16(27)13-8-7-11(9-14(13)19)15-24-17(28-25-15)18(20,21)22/h4,7-9,12H,1,5-6,10H2,2-3H3,(H,23,27). The number of nitrogens with one attached hydrogen (secondary N) is 1. The van der Waals surface area contributed by atoms with Crippen LogP contribution in [0.5, 0.6) is 0 Å². The number of nitrogens with zero attached hydrogens (tertiary/aromatic N) is 3. The van der Waals surface area contributed by atoms with E-state index in [2.05, 4.69) is 31.5 Å². The van der Waals surface area contributed by atoms with E-state index >= 15 is 0 Å². The van der Waals surface area contributed by atoms with E-state index in [1.165, 1.54) is 6.07 Å². The van der Waals surface area contributed by atoms with Gasteiger partial charge in [-0.3, -0.25) is 4.79 Å². The second-order valence-electron chi connectivity index (χ2n) is 5.92. The lowest BCUT2D eigenvalue weighted by Gasteiger charge is -2.24. The SMILES string of the molecule is C=CC(CN(CC)CC)NC(=O)c1ccc(-c2noc(C(F)(F)F)n2)cc1F. The molecule has 0 radical (unpaired) electrons. The van der Waals surface area contributed by atoms with Crippen molar-refractivity contribution in [3.63, 3.8) is 0 Å². The van der Waals surface area contributed by atoms with Crippen LogP contribution in [0.2, 0.25) is 0 Å². The minimum atomic E-state index is -4.80. The van der Waals surface area contributed by atoms with Crippen molar-refractivity contribution in [3.8, 4) is 11.4 Å². The molecule has 0 aliphatic rings. The van der Waals surface area contributed by atoms with Gasteiger partial charge >= 0.3 is 12.1 Å². The number of hydrogen-bond donors (Lipinski definition) is 1. The zero-order valence-corrected chi connectivity index (χ0v) is 15.4. The Hall–Kier alpha value is -2.75. The number of halogens is 4. The van der Waals surface area contributed by atoms with E-state index in [9.17, 15) is 22.4 Å². The van der Waals surface area contributed by atoms with Crippen molar-refractivity contribution in [2.75, 3.05) is 19.6 Å². The van der Waals surface area contributed by atoms with Gasteiger partial charge in [0.15, 0.2) is 0 Å². The summed E-state index contributed by atoms with van der Waals surface area (Å²) < 4.78 is 56.1. The molecule has 0 saturated carbocycles. The van der Waals surface area contributed by atoms with Gasteiger partial charge in [-0.05, 0) is 25.2 Å². The zero-order chi connectivity index (χ0) is 20.9. The van der Waals surface area contributed by atoms with Gasteiger partial charge in [0.25, 0.3) is 5.91 Å². The van der Waals surface area contributed by atoms with Crippen LogP contribution in [0.15, 0.2) is 35.4 Å². The van der Waals surface area contributed by atoms with Crippen LogP contribution in [-0.4, -0.2) is 46.6 Å². The summed E-state index contributed by atoms with van der Waals surface area (Å²) in [5.41, 5.74) is -0.300. The molecule has 0 fully saturated rings. The van der Waals surface area contributed by atoms with Crippen LogP contribution in [0.25, 0.3) is 11.4 Å². The molecule has 0 bridgehead atoms. The third kappa shape index (κ3) is 5.16. The molecule has 0 aliphatic heterocycles. The maximum atomic E-state index is 14.4. The molecule has 2 rings (SSSR count). The number of carbonyl (C=O) groups is 1. The first-order chi connectivity index (χ1) is 13.2. The van der Waals surface area contributed by atoms with Crippen molar-refractivity contribution in [1.82, 2.24) is 20.4 Å². The van der Waals surface area contributed by atoms with Crippen molar-refractivity contribution in [1.29, 1.82) is 0 Å². The number of likely N-dealkylation sites (N-methyl/N-ethyl adjacent to an activating group) is 1. The summed E-state index contributed by atoms with van der Waals surface area (Å²) in [5.74, 6) is -3.54. The lowest BCUT2D eigenvalue weighted by molar-refractivity contribution is -0.159. The minimum Gasteiger partial charge on any atom is -0.344 e. The van der Waals surface area contributed by atoms with Gasteiger partial charge in [-0.15, -0.1) is 6.58 Å². The van der Waals surface area contributed by atoms with Crippen LogP contribution < -0.4 is 5.32 Å². The molecule has 1 unspecified atom stereocenters. The number of aromatic nitrogens is 2. The molecule has 0 spiro atoms. The minimum absolute atomic E-state index is 0.0447. The maximum absolute atomic E-state index is 14.4. The van der Waals surface area contributed by atoms with Crippen LogP contribution in [0.3, 0.4) is 0 Å². The summed E-state index contributed by atoms with van der Waals surface area (Å²) in [6.45, 7) is 9.71. The van der Waals surface area contributed by atoms with E-state index in [4.69, 9.17) is 0 Å². The highest BCUT2D eigenvalue weighted by atomic mass is 19.4. The van der Waals surface area contributed by atoms with E-state index in [-0.39, 0.29) is 11.1 Å². The van der Waals surface area contributed by atoms with Crippen LogP contribution in [0.1, 0.15) is 30.1 Å². The molecule has 6 nitrogen and oxygen atoms in total. The van der Waals surface area contributed by atoms with E-state index in [0.717, 1.165) is 25.2 Å². The van der Waals surface area contributed by atoms with Crippen LogP contribution in [0.4, 0.5) is 17.6 Å².